The summed E-state index contributed by atoms with van der Waals surface area (Å²) in [4.78, 5) is 69.0. The van der Waals surface area contributed by atoms with Crippen LogP contribution < -0.4 is 5.32 Å². The molecule has 1 fully saturated rings. The summed E-state index contributed by atoms with van der Waals surface area (Å²) in [5, 5.41) is 21.3. The van der Waals surface area contributed by atoms with Gasteiger partial charge in [-0.2, -0.15) is 0 Å². The molecule has 13 heteroatoms. The maximum Gasteiger partial charge on any atom is 0.511 e. The third-order valence-corrected chi connectivity index (χ3v) is 7.99. The summed E-state index contributed by atoms with van der Waals surface area (Å²) in [7, 11) is 0. The van der Waals surface area contributed by atoms with Gasteiger partial charge in [0, 0.05) is 36.7 Å². The molecule has 1 amide bonds. The molecule has 3 aromatic rings. The summed E-state index contributed by atoms with van der Waals surface area (Å²) in [6, 6.07) is 12.6. The fraction of sp³-hybridized carbons (Fsp3) is 0.359. The van der Waals surface area contributed by atoms with E-state index in [0.29, 0.717) is 34.7 Å². The van der Waals surface area contributed by atoms with Gasteiger partial charge in [0.05, 0.1) is 25.7 Å². The molecule has 274 valence electrons. The van der Waals surface area contributed by atoms with Crippen LogP contribution >= 0.6 is 0 Å². The van der Waals surface area contributed by atoms with Crippen molar-refractivity contribution in [1.82, 2.24) is 10.3 Å². The lowest BCUT2D eigenvalue weighted by atomic mass is 9.89. The average molecular weight is 714 g/mol. The number of esters is 2. The van der Waals surface area contributed by atoms with Gasteiger partial charge >= 0.3 is 18.1 Å². The van der Waals surface area contributed by atoms with Crippen molar-refractivity contribution in [3.63, 3.8) is 0 Å². The second-order valence-electron chi connectivity index (χ2n) is 12.5. The number of rotatable bonds is 17. The second kappa shape index (κ2) is 18.0. The van der Waals surface area contributed by atoms with E-state index in [1.807, 2.05) is 0 Å². The maximum atomic E-state index is 14.0. The lowest BCUT2D eigenvalue weighted by Gasteiger charge is -2.18. The predicted octanol–water partition coefficient (Wildman–Crippen LogP) is 5.83. The van der Waals surface area contributed by atoms with Gasteiger partial charge in [0.25, 0.3) is 5.91 Å². The summed E-state index contributed by atoms with van der Waals surface area (Å²) in [5.41, 5.74) is 2.17. The fourth-order valence-corrected chi connectivity index (χ4v) is 5.20. The minimum Gasteiger partial charge on any atom is -0.466 e. The first-order chi connectivity index (χ1) is 24.8. The Labute approximate surface area is 301 Å². The lowest BCUT2D eigenvalue weighted by molar-refractivity contribution is -0.141. The highest BCUT2D eigenvalue weighted by molar-refractivity contribution is 6.09. The Hall–Kier alpha value is -5.69. The first-order valence-electron chi connectivity index (χ1n) is 17.0. The third-order valence-electron chi connectivity index (χ3n) is 7.99. The van der Waals surface area contributed by atoms with Gasteiger partial charge in [0.15, 0.2) is 11.5 Å². The molecule has 1 atom stereocenters. The highest BCUT2D eigenvalue weighted by Gasteiger charge is 2.28. The van der Waals surface area contributed by atoms with Gasteiger partial charge in [-0.3, -0.25) is 14.4 Å². The molecule has 13 nitrogen and oxygen atoms in total. The topological polar surface area (TPSA) is 191 Å². The Bertz CT molecular complexity index is 1850. The number of nitrogens with one attached hydrogen (secondary N) is 2. The van der Waals surface area contributed by atoms with Crippen molar-refractivity contribution in [2.75, 3.05) is 13.2 Å². The van der Waals surface area contributed by atoms with Crippen LogP contribution in [0.15, 0.2) is 55.1 Å². The normalized spacial score (nSPS) is 12.7. The van der Waals surface area contributed by atoms with Gasteiger partial charge in [0.2, 0.25) is 6.29 Å². The molecule has 0 aliphatic heterocycles. The van der Waals surface area contributed by atoms with Crippen LogP contribution in [0.3, 0.4) is 0 Å². The molecule has 1 aliphatic rings. The highest BCUT2D eigenvalue weighted by Crippen LogP contribution is 2.33. The Balaban J connectivity index is 1.72. The summed E-state index contributed by atoms with van der Waals surface area (Å²) >= 11 is 0. The molecular formula is C39H43N3O10. The van der Waals surface area contributed by atoms with E-state index in [9.17, 15) is 29.1 Å². The SMILES string of the molecule is C=Cc1cc(C(=O)Cc2ccc(C(=N)CC(=O)OCC)cc2)c(-c2ccc(C(=O)NCC3CC3)nc2C(=O)OC(C)OC(=O)OC(C)C)cc1CO. The van der Waals surface area contributed by atoms with Crippen molar-refractivity contribution in [3.05, 3.63) is 94.3 Å². The number of Topliss-reactive ketones (excluding diaryl/α,β-unsaturated/α-hetero) is 1. The zero-order chi connectivity index (χ0) is 37.9. The molecular weight excluding hydrogens is 670 g/mol. The van der Waals surface area contributed by atoms with Crippen LogP contribution in [0.2, 0.25) is 0 Å². The van der Waals surface area contributed by atoms with Crippen molar-refractivity contribution < 1.29 is 48.0 Å². The number of aromatic nitrogens is 1. The number of aliphatic hydroxyl groups excluding tert-OH is 1. The highest BCUT2D eigenvalue weighted by atomic mass is 16.8. The van der Waals surface area contributed by atoms with Crippen molar-refractivity contribution in [2.45, 2.75) is 72.4 Å². The van der Waals surface area contributed by atoms with Crippen LogP contribution in [0.5, 0.6) is 0 Å². The van der Waals surface area contributed by atoms with Gasteiger partial charge < -0.3 is 34.8 Å². The first kappa shape index (κ1) is 39.1. The molecule has 0 spiro atoms. The largest absolute Gasteiger partial charge is 0.511 e. The summed E-state index contributed by atoms with van der Waals surface area (Å²) in [6.07, 6.45) is 0.291. The number of ether oxygens (including phenoxy) is 4. The van der Waals surface area contributed by atoms with Gasteiger partial charge in [-0.05, 0) is 91.6 Å². The smallest absolute Gasteiger partial charge is 0.466 e. The lowest BCUT2D eigenvalue weighted by Crippen LogP contribution is -2.28. The van der Waals surface area contributed by atoms with Crippen LogP contribution in [-0.2, 0) is 36.8 Å². The molecule has 0 bridgehead atoms. The van der Waals surface area contributed by atoms with Crippen LogP contribution in [0.4, 0.5) is 4.79 Å². The standard InChI is InChI=1S/C39H43N3O10/c1-6-26-17-31(34(44)16-24-10-12-27(13-11-24)32(40)19-35(45)49-7-2)30(18-28(26)21-43)29-14-15-33(37(46)41-20-25-8-9-25)42-36(29)38(47)51-23(5)52-39(48)50-22(3)4/h6,10-15,17-18,22-23,25,40,43H,1,7-9,16,19-21H2,2-5H3,(H,41,46). The molecule has 1 saturated carbocycles. The maximum absolute atomic E-state index is 14.0. The fourth-order valence-electron chi connectivity index (χ4n) is 5.20. The Morgan fingerprint density at radius 3 is 2.33 bits per heavy atom. The molecule has 52 heavy (non-hydrogen) atoms. The summed E-state index contributed by atoms with van der Waals surface area (Å²) in [5.74, 6) is -2.04. The van der Waals surface area contributed by atoms with Gasteiger partial charge in [-0.1, -0.05) is 36.9 Å². The zero-order valence-electron chi connectivity index (χ0n) is 29.7. The van der Waals surface area contributed by atoms with E-state index in [-0.39, 0.29) is 59.0 Å². The second-order valence-corrected chi connectivity index (χ2v) is 12.5. The van der Waals surface area contributed by atoms with E-state index in [1.54, 1.807) is 57.2 Å². The van der Waals surface area contributed by atoms with E-state index >= 15 is 0 Å². The van der Waals surface area contributed by atoms with E-state index < -0.39 is 43.0 Å². The number of carbonyl (C=O) groups is 5. The van der Waals surface area contributed by atoms with Crippen molar-refractivity contribution in [3.8, 4) is 11.1 Å². The van der Waals surface area contributed by atoms with E-state index in [1.165, 1.54) is 25.1 Å². The number of hydrogen-bond donors (Lipinski definition) is 3. The van der Waals surface area contributed by atoms with E-state index in [0.717, 1.165) is 12.8 Å². The molecule has 0 saturated heterocycles. The molecule has 1 aliphatic carbocycles. The number of benzene rings is 2. The quantitative estimate of drug-likeness (QED) is 0.0501. The molecule has 0 radical (unpaired) electrons. The average Bonchev–Trinajstić information content (AvgIpc) is 3.94. The van der Waals surface area contributed by atoms with Gasteiger partial charge in [-0.25, -0.2) is 14.6 Å². The third kappa shape index (κ3) is 10.7. The van der Waals surface area contributed by atoms with E-state index in [4.69, 9.17) is 24.4 Å². The number of aliphatic hydroxyl groups is 1. The molecule has 2 aromatic carbocycles. The summed E-state index contributed by atoms with van der Waals surface area (Å²) < 4.78 is 20.3. The number of carbonyl (C=O) groups excluding carboxylic acids is 5. The van der Waals surface area contributed by atoms with Gasteiger partial charge in [0.1, 0.15) is 5.69 Å². The number of amides is 1. The van der Waals surface area contributed by atoms with Crippen molar-refractivity contribution >= 4 is 41.6 Å². The number of hydrogen-bond acceptors (Lipinski definition) is 12. The Morgan fingerprint density at radius 2 is 1.71 bits per heavy atom. The zero-order valence-corrected chi connectivity index (χ0v) is 29.7. The summed E-state index contributed by atoms with van der Waals surface area (Å²) in [6.45, 7) is 10.3. The van der Waals surface area contributed by atoms with Crippen LogP contribution in [-0.4, -0.2) is 71.1 Å². The van der Waals surface area contributed by atoms with E-state index in [2.05, 4.69) is 16.9 Å². The minimum atomic E-state index is -1.40. The Kier molecular flexibility index (Phi) is 13.5. The predicted molar refractivity (Wildman–Crippen MR) is 191 cm³/mol. The van der Waals surface area contributed by atoms with Crippen LogP contribution in [0.25, 0.3) is 17.2 Å². The minimum absolute atomic E-state index is 0.0712. The molecule has 4 rings (SSSR count). The van der Waals surface area contributed by atoms with Crippen LogP contribution in [0, 0.1) is 11.3 Å². The van der Waals surface area contributed by atoms with Crippen molar-refractivity contribution in [1.29, 1.82) is 5.41 Å². The monoisotopic (exact) mass is 713 g/mol. The van der Waals surface area contributed by atoms with Crippen LogP contribution in [0.1, 0.15) is 101 Å². The van der Waals surface area contributed by atoms with Gasteiger partial charge in [-0.15, -0.1) is 0 Å². The number of pyridine rings is 1. The number of ketones is 1. The molecule has 1 heterocycles. The Morgan fingerprint density at radius 1 is 1.00 bits per heavy atom. The molecule has 1 aromatic heterocycles. The molecule has 3 N–H and O–H groups in total. The number of nitrogens with zero attached hydrogens (tertiary/aromatic N) is 1. The molecule has 1 unspecified atom stereocenters. The van der Waals surface area contributed by atoms with Crippen molar-refractivity contribution in [2.24, 2.45) is 5.92 Å². The first-order valence-corrected chi connectivity index (χ1v) is 17.0.